The van der Waals surface area contributed by atoms with Gasteiger partial charge in [0.05, 0.1) is 5.56 Å². The van der Waals surface area contributed by atoms with Crippen molar-refractivity contribution in [2.45, 2.75) is 58.4 Å². The van der Waals surface area contributed by atoms with Crippen LogP contribution in [0.5, 0.6) is 0 Å². The Balaban J connectivity index is 1.76. The molecule has 1 amide bonds. The van der Waals surface area contributed by atoms with Gasteiger partial charge in [0.1, 0.15) is 0 Å². The van der Waals surface area contributed by atoms with Gasteiger partial charge in [-0.25, -0.2) is 0 Å². The minimum Gasteiger partial charge on any atom is -0.345 e. The molecule has 2 aliphatic rings. The predicted molar refractivity (Wildman–Crippen MR) is 94.0 cm³/mol. The highest BCUT2D eigenvalue weighted by atomic mass is 16.2. The Labute approximate surface area is 140 Å². The van der Waals surface area contributed by atoms with Crippen LogP contribution in [0.3, 0.4) is 0 Å². The van der Waals surface area contributed by atoms with Gasteiger partial charge in [0.2, 0.25) is 0 Å². The summed E-state index contributed by atoms with van der Waals surface area (Å²) in [6, 6.07) is 2.72. The second-order valence-corrected chi connectivity index (χ2v) is 7.41. The second-order valence-electron chi connectivity index (χ2n) is 7.41. The van der Waals surface area contributed by atoms with Gasteiger partial charge in [-0.2, -0.15) is 0 Å². The lowest BCUT2D eigenvalue weighted by Gasteiger charge is -2.26. The van der Waals surface area contributed by atoms with Crippen LogP contribution in [0.4, 0.5) is 0 Å². The molecule has 23 heavy (non-hydrogen) atoms. The third-order valence-electron chi connectivity index (χ3n) is 5.72. The van der Waals surface area contributed by atoms with Crippen molar-refractivity contribution in [3.05, 3.63) is 23.0 Å². The standard InChI is InChI=1S/C19H31N3O/c1-14-11-18(15(2)22(14)17-7-5-4-6-8-17)19(23)21-10-9-16(13-21)12-20-3/h11,16-17,20H,4-10,12-13H2,1-3H3/t16-/m0/s1. The van der Waals surface area contributed by atoms with E-state index in [2.05, 4.69) is 34.7 Å². The molecule has 0 unspecified atom stereocenters. The van der Waals surface area contributed by atoms with Crippen molar-refractivity contribution in [1.29, 1.82) is 0 Å². The largest absolute Gasteiger partial charge is 0.345 e. The van der Waals surface area contributed by atoms with Gasteiger partial charge in [0, 0.05) is 30.5 Å². The highest BCUT2D eigenvalue weighted by Crippen LogP contribution is 2.32. The number of amides is 1. The molecule has 2 heterocycles. The van der Waals surface area contributed by atoms with Crippen molar-refractivity contribution < 1.29 is 4.79 Å². The number of hydrogen-bond donors (Lipinski definition) is 1. The minimum absolute atomic E-state index is 0.235. The van der Waals surface area contributed by atoms with E-state index in [4.69, 9.17) is 0 Å². The average molecular weight is 317 g/mol. The topological polar surface area (TPSA) is 37.3 Å². The van der Waals surface area contributed by atoms with E-state index in [1.54, 1.807) is 0 Å². The summed E-state index contributed by atoms with van der Waals surface area (Å²) in [5, 5.41) is 3.23. The van der Waals surface area contributed by atoms with E-state index in [9.17, 15) is 4.79 Å². The third-order valence-corrected chi connectivity index (χ3v) is 5.72. The van der Waals surface area contributed by atoms with E-state index in [-0.39, 0.29) is 5.91 Å². The van der Waals surface area contributed by atoms with Gasteiger partial charge in [-0.1, -0.05) is 19.3 Å². The highest BCUT2D eigenvalue weighted by molar-refractivity contribution is 5.96. The Hall–Kier alpha value is -1.29. The summed E-state index contributed by atoms with van der Waals surface area (Å²) in [7, 11) is 1.99. The van der Waals surface area contributed by atoms with E-state index in [0.717, 1.165) is 31.6 Å². The number of hydrogen-bond acceptors (Lipinski definition) is 2. The molecule has 128 valence electrons. The SMILES string of the molecule is CNC[C@@H]1CCN(C(=O)c2cc(C)n(C3CCCCC3)c2C)C1. The third kappa shape index (κ3) is 3.32. The molecule has 0 bridgehead atoms. The molecule has 1 N–H and O–H groups in total. The van der Waals surface area contributed by atoms with E-state index < -0.39 is 0 Å². The molecule has 1 aromatic heterocycles. The van der Waals surface area contributed by atoms with Crippen LogP contribution in [0.2, 0.25) is 0 Å². The lowest BCUT2D eigenvalue weighted by molar-refractivity contribution is 0.0786. The fourth-order valence-electron chi connectivity index (χ4n) is 4.54. The Morgan fingerprint density at radius 2 is 1.96 bits per heavy atom. The number of nitrogens with one attached hydrogen (secondary N) is 1. The quantitative estimate of drug-likeness (QED) is 0.925. The molecule has 1 aliphatic heterocycles. The fraction of sp³-hybridized carbons (Fsp3) is 0.737. The summed E-state index contributed by atoms with van der Waals surface area (Å²) in [6.07, 6.45) is 7.65. The van der Waals surface area contributed by atoms with E-state index in [1.807, 2.05) is 7.05 Å². The predicted octanol–water partition coefficient (Wildman–Crippen LogP) is 3.29. The molecule has 0 spiro atoms. The van der Waals surface area contributed by atoms with Gasteiger partial charge in [-0.15, -0.1) is 0 Å². The first kappa shape index (κ1) is 16.6. The van der Waals surface area contributed by atoms with Crippen molar-refractivity contribution in [1.82, 2.24) is 14.8 Å². The van der Waals surface area contributed by atoms with Crippen LogP contribution in [0.25, 0.3) is 0 Å². The number of rotatable bonds is 4. The summed E-state index contributed by atoms with van der Waals surface area (Å²) in [5.41, 5.74) is 3.36. The molecule has 1 atom stereocenters. The molecule has 1 saturated carbocycles. The Kier molecular flexibility index (Phi) is 5.10. The second kappa shape index (κ2) is 7.08. The van der Waals surface area contributed by atoms with Crippen molar-refractivity contribution in [2.75, 3.05) is 26.7 Å². The van der Waals surface area contributed by atoms with Crippen molar-refractivity contribution in [2.24, 2.45) is 5.92 Å². The number of carbonyl (C=O) groups is 1. The van der Waals surface area contributed by atoms with Crippen LogP contribution >= 0.6 is 0 Å². The van der Waals surface area contributed by atoms with Gasteiger partial charge < -0.3 is 14.8 Å². The number of aryl methyl sites for hydroxylation is 1. The maximum absolute atomic E-state index is 13.0. The molecule has 4 heteroatoms. The van der Waals surface area contributed by atoms with Gasteiger partial charge >= 0.3 is 0 Å². The molecule has 0 radical (unpaired) electrons. The minimum atomic E-state index is 0.235. The van der Waals surface area contributed by atoms with Crippen molar-refractivity contribution >= 4 is 5.91 Å². The molecule has 1 aromatic rings. The van der Waals surface area contributed by atoms with Crippen molar-refractivity contribution in [3.8, 4) is 0 Å². The van der Waals surface area contributed by atoms with Gasteiger partial charge in [-0.3, -0.25) is 4.79 Å². The lowest BCUT2D eigenvalue weighted by Crippen LogP contribution is -2.30. The van der Waals surface area contributed by atoms with E-state index in [1.165, 1.54) is 43.5 Å². The van der Waals surface area contributed by atoms with Crippen LogP contribution in [0.1, 0.15) is 66.3 Å². The lowest BCUT2D eigenvalue weighted by atomic mass is 9.95. The van der Waals surface area contributed by atoms with E-state index >= 15 is 0 Å². The number of likely N-dealkylation sites (tertiary alicyclic amines) is 1. The molecule has 1 saturated heterocycles. The van der Waals surface area contributed by atoms with E-state index in [0.29, 0.717) is 12.0 Å². The normalized spacial score (nSPS) is 22.7. The summed E-state index contributed by atoms with van der Waals surface area (Å²) >= 11 is 0. The highest BCUT2D eigenvalue weighted by Gasteiger charge is 2.29. The zero-order chi connectivity index (χ0) is 16.4. The monoisotopic (exact) mass is 317 g/mol. The Morgan fingerprint density at radius 3 is 2.65 bits per heavy atom. The molecule has 2 fully saturated rings. The smallest absolute Gasteiger partial charge is 0.255 e. The first-order valence-electron chi connectivity index (χ1n) is 9.24. The summed E-state index contributed by atoms with van der Waals surface area (Å²) < 4.78 is 2.44. The van der Waals surface area contributed by atoms with Crippen LogP contribution in [-0.2, 0) is 0 Å². The Morgan fingerprint density at radius 1 is 1.22 bits per heavy atom. The molecule has 4 nitrogen and oxygen atoms in total. The number of nitrogens with zero attached hydrogens (tertiary/aromatic N) is 2. The number of carbonyl (C=O) groups excluding carboxylic acids is 1. The molecule has 0 aromatic carbocycles. The Bertz CT molecular complexity index is 557. The van der Waals surface area contributed by atoms with Crippen molar-refractivity contribution in [3.63, 3.8) is 0 Å². The maximum Gasteiger partial charge on any atom is 0.255 e. The van der Waals surface area contributed by atoms with Crippen LogP contribution in [-0.4, -0.2) is 42.1 Å². The van der Waals surface area contributed by atoms with Crippen LogP contribution < -0.4 is 5.32 Å². The zero-order valence-corrected chi connectivity index (χ0v) is 14.9. The molecule has 3 rings (SSSR count). The van der Waals surface area contributed by atoms with Crippen LogP contribution in [0, 0.1) is 19.8 Å². The summed E-state index contributed by atoms with van der Waals surface area (Å²) in [5.74, 6) is 0.838. The molecular formula is C19H31N3O. The first-order valence-corrected chi connectivity index (χ1v) is 9.24. The maximum atomic E-state index is 13.0. The molecular weight excluding hydrogens is 286 g/mol. The fourth-order valence-corrected chi connectivity index (χ4v) is 4.54. The average Bonchev–Trinajstić information content (AvgIpc) is 3.13. The first-order chi connectivity index (χ1) is 11.1. The summed E-state index contributed by atoms with van der Waals surface area (Å²) in [6.45, 7) is 7.10. The molecule has 1 aliphatic carbocycles. The van der Waals surface area contributed by atoms with Gasteiger partial charge in [0.25, 0.3) is 5.91 Å². The van der Waals surface area contributed by atoms with Gasteiger partial charge in [0.15, 0.2) is 0 Å². The number of aromatic nitrogens is 1. The summed E-state index contributed by atoms with van der Waals surface area (Å²) in [4.78, 5) is 15.0. The zero-order valence-electron chi connectivity index (χ0n) is 14.9. The van der Waals surface area contributed by atoms with Crippen LogP contribution in [0.15, 0.2) is 6.07 Å². The van der Waals surface area contributed by atoms with Gasteiger partial charge in [-0.05, 0) is 58.7 Å².